The first kappa shape index (κ1) is 18.5. The van der Waals surface area contributed by atoms with Crippen molar-refractivity contribution in [3.63, 3.8) is 0 Å². The summed E-state index contributed by atoms with van der Waals surface area (Å²) in [5.74, 6) is 0.456. The van der Waals surface area contributed by atoms with E-state index in [4.69, 9.17) is 9.15 Å². The monoisotopic (exact) mass is 384 g/mol. The Morgan fingerprint density at radius 2 is 1.69 bits per heavy atom. The zero-order chi connectivity index (χ0) is 20.2. The van der Waals surface area contributed by atoms with Gasteiger partial charge in [0.05, 0.1) is 12.8 Å². The summed E-state index contributed by atoms with van der Waals surface area (Å²) in [7, 11) is 1.61. The van der Waals surface area contributed by atoms with E-state index in [1.165, 1.54) is 0 Å². The smallest absolute Gasteiger partial charge is 0.261 e. The van der Waals surface area contributed by atoms with Crippen LogP contribution in [-0.2, 0) is 0 Å². The van der Waals surface area contributed by atoms with E-state index in [0.29, 0.717) is 16.8 Å². The molecule has 0 aliphatic rings. The van der Waals surface area contributed by atoms with E-state index in [0.717, 1.165) is 22.4 Å². The molecule has 1 amide bonds. The molecule has 1 aromatic heterocycles. The van der Waals surface area contributed by atoms with Crippen molar-refractivity contribution >= 4 is 28.3 Å². The third kappa shape index (κ3) is 4.04. The van der Waals surface area contributed by atoms with Crippen LogP contribution in [0.2, 0.25) is 0 Å². The Labute approximate surface area is 168 Å². The third-order valence-electron chi connectivity index (χ3n) is 4.60. The van der Waals surface area contributed by atoms with Gasteiger partial charge in [0.2, 0.25) is 5.55 Å². The molecule has 0 radical (unpaired) electrons. The summed E-state index contributed by atoms with van der Waals surface area (Å²) in [6.07, 6.45) is 0. The number of hydrogen-bond acceptors (Lipinski definition) is 4. The molecule has 0 saturated carbocycles. The number of ether oxygens (including phenoxy) is 1. The van der Waals surface area contributed by atoms with E-state index in [-0.39, 0.29) is 11.5 Å². The van der Waals surface area contributed by atoms with E-state index in [1.54, 1.807) is 13.2 Å². The molecule has 29 heavy (non-hydrogen) atoms. The molecule has 5 nitrogen and oxygen atoms in total. The number of aryl methyl sites for hydroxylation is 1. The first-order valence-electron chi connectivity index (χ1n) is 9.23. The molecular weight excluding hydrogens is 364 g/mol. The molecule has 4 rings (SSSR count). The minimum Gasteiger partial charge on any atom is -0.497 e. The molecule has 1 N–H and O–H groups in total. The van der Waals surface area contributed by atoms with Crippen molar-refractivity contribution < 1.29 is 13.9 Å². The van der Waals surface area contributed by atoms with Gasteiger partial charge in [-0.3, -0.25) is 4.79 Å². The van der Waals surface area contributed by atoms with Gasteiger partial charge in [0.15, 0.2) is 0 Å². The number of fused-ring (bicyclic) bond motifs is 1. The third-order valence-corrected chi connectivity index (χ3v) is 4.60. The largest absolute Gasteiger partial charge is 0.497 e. The zero-order valence-electron chi connectivity index (χ0n) is 16.2. The number of amides is 1. The van der Waals surface area contributed by atoms with Crippen molar-refractivity contribution in [2.75, 3.05) is 12.4 Å². The van der Waals surface area contributed by atoms with Gasteiger partial charge in [-0.25, -0.2) is 4.99 Å². The molecule has 4 aromatic rings. The van der Waals surface area contributed by atoms with Crippen molar-refractivity contribution in [1.82, 2.24) is 0 Å². The first-order chi connectivity index (χ1) is 14.1. The number of para-hydroxylation sites is 2. The molecule has 0 aliphatic carbocycles. The molecular formula is C24H20N2O3. The van der Waals surface area contributed by atoms with E-state index in [9.17, 15) is 4.79 Å². The lowest BCUT2D eigenvalue weighted by Crippen LogP contribution is -2.22. The van der Waals surface area contributed by atoms with Crippen molar-refractivity contribution in [3.05, 3.63) is 95.5 Å². The summed E-state index contributed by atoms with van der Waals surface area (Å²) in [4.78, 5) is 17.6. The van der Waals surface area contributed by atoms with Crippen molar-refractivity contribution in [1.29, 1.82) is 0 Å². The number of carbonyl (C=O) groups is 1. The number of benzene rings is 3. The van der Waals surface area contributed by atoms with Gasteiger partial charge in [-0.15, -0.1) is 0 Å². The van der Waals surface area contributed by atoms with E-state index in [1.807, 2.05) is 79.7 Å². The number of carbonyl (C=O) groups excluding carboxylic acids is 1. The fourth-order valence-electron chi connectivity index (χ4n) is 2.99. The Bertz CT molecular complexity index is 1240. The molecule has 5 heteroatoms. The Morgan fingerprint density at radius 1 is 0.966 bits per heavy atom. The molecule has 1 heterocycles. The molecule has 0 spiro atoms. The highest BCUT2D eigenvalue weighted by Crippen LogP contribution is 2.19. The predicted molar refractivity (Wildman–Crippen MR) is 114 cm³/mol. The molecule has 0 bridgehead atoms. The maximum Gasteiger partial charge on any atom is 0.261 e. The second-order valence-electron chi connectivity index (χ2n) is 6.58. The normalized spacial score (nSPS) is 11.4. The van der Waals surface area contributed by atoms with Gasteiger partial charge in [-0.05, 0) is 55.0 Å². The maximum atomic E-state index is 13.1. The zero-order valence-corrected chi connectivity index (χ0v) is 16.2. The Morgan fingerprint density at radius 3 is 2.45 bits per heavy atom. The first-order valence-corrected chi connectivity index (χ1v) is 9.23. The van der Waals surface area contributed by atoms with Crippen LogP contribution in [0.3, 0.4) is 0 Å². The van der Waals surface area contributed by atoms with E-state index in [2.05, 4.69) is 10.3 Å². The summed E-state index contributed by atoms with van der Waals surface area (Å²) >= 11 is 0. The minimum absolute atomic E-state index is 0.250. The van der Waals surface area contributed by atoms with Crippen molar-refractivity contribution in [2.24, 2.45) is 4.99 Å². The molecule has 0 saturated heterocycles. The molecule has 0 aliphatic heterocycles. The average Bonchev–Trinajstić information content (AvgIpc) is 2.75. The topological polar surface area (TPSA) is 63.8 Å². The van der Waals surface area contributed by atoms with Gasteiger partial charge < -0.3 is 14.5 Å². The average molecular weight is 384 g/mol. The Kier molecular flexibility index (Phi) is 5.12. The SMILES string of the molecule is COc1ccc(N=c2oc3ccccc3cc2C(=O)Nc2ccccc2C)cc1. The predicted octanol–water partition coefficient (Wildman–Crippen LogP) is 5.23. The molecule has 144 valence electrons. The number of rotatable bonds is 4. The van der Waals surface area contributed by atoms with Crippen LogP contribution in [0.15, 0.2) is 88.3 Å². The second-order valence-corrected chi connectivity index (χ2v) is 6.58. The van der Waals surface area contributed by atoms with Crippen molar-refractivity contribution in [3.8, 4) is 5.75 Å². The van der Waals surface area contributed by atoms with Gasteiger partial charge in [0, 0.05) is 11.1 Å². The number of anilines is 1. The van der Waals surface area contributed by atoms with Crippen LogP contribution in [0.25, 0.3) is 11.0 Å². The quantitative estimate of drug-likeness (QED) is 0.524. The fraction of sp³-hybridized carbons (Fsp3) is 0.0833. The number of nitrogens with zero attached hydrogens (tertiary/aromatic N) is 1. The summed E-state index contributed by atoms with van der Waals surface area (Å²) in [6, 6.07) is 24.2. The van der Waals surface area contributed by atoms with Gasteiger partial charge in [0.1, 0.15) is 16.9 Å². The Balaban J connectivity index is 1.82. The van der Waals surface area contributed by atoms with E-state index >= 15 is 0 Å². The highest BCUT2D eigenvalue weighted by atomic mass is 16.5. The lowest BCUT2D eigenvalue weighted by atomic mass is 10.1. The highest BCUT2D eigenvalue weighted by molar-refractivity contribution is 6.05. The second kappa shape index (κ2) is 8.02. The summed E-state index contributed by atoms with van der Waals surface area (Å²) in [5.41, 5.74) is 3.66. The van der Waals surface area contributed by atoms with Gasteiger partial charge in [-0.2, -0.15) is 0 Å². The van der Waals surface area contributed by atoms with Crippen LogP contribution in [0.5, 0.6) is 5.75 Å². The lowest BCUT2D eigenvalue weighted by Gasteiger charge is -2.09. The fourth-order valence-corrected chi connectivity index (χ4v) is 2.99. The molecule has 0 fully saturated rings. The number of methoxy groups -OCH3 is 1. The minimum atomic E-state index is -0.277. The van der Waals surface area contributed by atoms with Gasteiger partial charge >= 0.3 is 0 Å². The van der Waals surface area contributed by atoms with Crippen LogP contribution < -0.4 is 15.6 Å². The van der Waals surface area contributed by atoms with Crippen LogP contribution in [0.4, 0.5) is 11.4 Å². The highest BCUT2D eigenvalue weighted by Gasteiger charge is 2.14. The standard InChI is InChI=1S/C24H20N2O3/c1-16-7-3-5-9-21(16)26-23(27)20-15-17-8-4-6-10-22(17)29-24(20)25-18-11-13-19(28-2)14-12-18/h3-15H,1-2H3,(H,26,27). The van der Waals surface area contributed by atoms with Crippen LogP contribution in [0, 0.1) is 6.92 Å². The van der Waals surface area contributed by atoms with Crippen molar-refractivity contribution in [2.45, 2.75) is 6.92 Å². The number of hydrogen-bond donors (Lipinski definition) is 1. The molecule has 0 atom stereocenters. The molecule has 3 aromatic carbocycles. The van der Waals surface area contributed by atoms with E-state index < -0.39 is 0 Å². The number of nitrogens with one attached hydrogen (secondary N) is 1. The summed E-state index contributed by atoms with van der Waals surface area (Å²) < 4.78 is 11.2. The van der Waals surface area contributed by atoms with Crippen LogP contribution in [-0.4, -0.2) is 13.0 Å². The molecule has 0 unspecified atom stereocenters. The summed E-state index contributed by atoms with van der Waals surface area (Å²) in [5, 5.41) is 3.79. The van der Waals surface area contributed by atoms with Crippen LogP contribution in [0.1, 0.15) is 15.9 Å². The maximum absolute atomic E-state index is 13.1. The van der Waals surface area contributed by atoms with Gasteiger partial charge in [0.25, 0.3) is 5.91 Å². The summed E-state index contributed by atoms with van der Waals surface area (Å²) in [6.45, 7) is 1.95. The van der Waals surface area contributed by atoms with Gasteiger partial charge in [-0.1, -0.05) is 36.4 Å². The van der Waals surface area contributed by atoms with Crippen LogP contribution >= 0.6 is 0 Å². The Hall–Kier alpha value is -3.86. The lowest BCUT2D eigenvalue weighted by molar-refractivity contribution is 0.102.